The summed E-state index contributed by atoms with van der Waals surface area (Å²) in [6.07, 6.45) is 6.97. The fraction of sp³-hybridized carbons (Fsp3) is 0.0526. The number of nitrogens with zero attached hydrogens (tertiary/aromatic N) is 1. The number of allylic oxidation sites excluding steroid dienone is 2. The Morgan fingerprint density at radius 1 is 0.870 bits per heavy atom. The molecule has 0 atom stereocenters. The predicted octanol–water partition coefficient (Wildman–Crippen LogP) is 2.73. The fourth-order valence-corrected chi connectivity index (χ4v) is 2.90. The lowest BCUT2D eigenvalue weighted by Gasteiger charge is -2.24. The van der Waals surface area contributed by atoms with Gasteiger partial charge in [-0.3, -0.25) is 10.9 Å². The molecule has 0 unspecified atom stereocenters. The molecule has 4 nitrogen and oxygen atoms in total. The smallest absolute Gasteiger partial charge is 0.142 e. The summed E-state index contributed by atoms with van der Waals surface area (Å²) in [5.74, 6) is 0.633. The van der Waals surface area contributed by atoms with E-state index in [1.54, 1.807) is 0 Å². The van der Waals surface area contributed by atoms with Crippen molar-refractivity contribution in [1.29, 1.82) is 0 Å². The van der Waals surface area contributed by atoms with Crippen LogP contribution in [0.3, 0.4) is 0 Å². The summed E-state index contributed by atoms with van der Waals surface area (Å²) in [6.45, 7) is 0. The molecule has 0 saturated carbocycles. The van der Waals surface area contributed by atoms with Crippen LogP contribution in [0.15, 0.2) is 90.2 Å². The van der Waals surface area contributed by atoms with Crippen molar-refractivity contribution in [3.05, 3.63) is 101 Å². The Kier molecular flexibility index (Phi) is 3.27. The standard InChI is InChI=1S/C19H18N4/c20-19-18-17(21-22-19)7-4-12-23(18)16-10-8-15(9-11-16)13-14-5-2-1-3-6-14/h1-12,21-22H,13,20H2. The zero-order valence-corrected chi connectivity index (χ0v) is 12.7. The van der Waals surface area contributed by atoms with Crippen LogP contribution in [-0.4, -0.2) is 0 Å². The minimum atomic E-state index is 0.633. The topological polar surface area (TPSA) is 53.3 Å². The molecule has 2 aliphatic rings. The first-order chi connectivity index (χ1) is 11.3. The summed E-state index contributed by atoms with van der Waals surface area (Å²) < 4.78 is 0. The third kappa shape index (κ3) is 2.55. The van der Waals surface area contributed by atoms with Crippen LogP contribution in [0.25, 0.3) is 0 Å². The number of anilines is 1. The van der Waals surface area contributed by atoms with E-state index in [0.717, 1.165) is 23.5 Å². The van der Waals surface area contributed by atoms with Gasteiger partial charge < -0.3 is 10.6 Å². The molecule has 0 aliphatic carbocycles. The van der Waals surface area contributed by atoms with Crippen LogP contribution in [0.5, 0.6) is 0 Å². The highest BCUT2D eigenvalue weighted by atomic mass is 15.4. The van der Waals surface area contributed by atoms with Crippen LogP contribution in [0.4, 0.5) is 5.69 Å². The summed E-state index contributed by atoms with van der Waals surface area (Å²) >= 11 is 0. The normalized spacial score (nSPS) is 15.8. The van der Waals surface area contributed by atoms with Gasteiger partial charge in [0.05, 0.1) is 5.70 Å². The van der Waals surface area contributed by atoms with Gasteiger partial charge in [-0.05, 0) is 41.8 Å². The van der Waals surface area contributed by atoms with Crippen molar-refractivity contribution in [2.75, 3.05) is 4.90 Å². The Balaban J connectivity index is 1.58. The lowest BCUT2D eigenvalue weighted by Crippen LogP contribution is -2.26. The number of fused-ring (bicyclic) bond motifs is 1. The molecule has 114 valence electrons. The SMILES string of the molecule is NC1=C2C(=CC=CN2c2ccc(Cc3ccccc3)cc2)NN1. The number of nitrogens with two attached hydrogens (primary N) is 1. The minimum absolute atomic E-state index is 0.633. The van der Waals surface area contributed by atoms with Gasteiger partial charge in [0.15, 0.2) is 0 Å². The van der Waals surface area contributed by atoms with Crippen LogP contribution in [0.1, 0.15) is 11.1 Å². The summed E-state index contributed by atoms with van der Waals surface area (Å²) in [5.41, 5.74) is 17.7. The average Bonchev–Trinajstić information content (AvgIpc) is 2.98. The molecule has 23 heavy (non-hydrogen) atoms. The van der Waals surface area contributed by atoms with E-state index in [4.69, 9.17) is 5.73 Å². The molecule has 0 radical (unpaired) electrons. The van der Waals surface area contributed by atoms with Gasteiger partial charge in [-0.2, -0.15) is 0 Å². The van der Waals surface area contributed by atoms with Crippen molar-refractivity contribution in [3.63, 3.8) is 0 Å². The second-order valence-electron chi connectivity index (χ2n) is 5.63. The molecule has 0 aromatic heterocycles. The Morgan fingerprint density at radius 2 is 1.61 bits per heavy atom. The molecule has 4 N–H and O–H groups in total. The zero-order valence-electron chi connectivity index (χ0n) is 12.7. The van der Waals surface area contributed by atoms with Gasteiger partial charge in [0.2, 0.25) is 0 Å². The highest BCUT2D eigenvalue weighted by molar-refractivity contribution is 5.64. The van der Waals surface area contributed by atoms with Crippen molar-refractivity contribution in [2.24, 2.45) is 5.73 Å². The van der Waals surface area contributed by atoms with E-state index in [0.29, 0.717) is 5.82 Å². The lowest BCUT2D eigenvalue weighted by atomic mass is 10.0. The van der Waals surface area contributed by atoms with E-state index in [1.165, 1.54) is 11.1 Å². The molecule has 2 aromatic rings. The van der Waals surface area contributed by atoms with Crippen molar-refractivity contribution >= 4 is 5.69 Å². The average molecular weight is 302 g/mol. The molecular weight excluding hydrogens is 284 g/mol. The second kappa shape index (κ2) is 5.57. The maximum atomic E-state index is 6.04. The third-order valence-corrected chi connectivity index (χ3v) is 4.05. The van der Waals surface area contributed by atoms with Crippen LogP contribution in [0, 0.1) is 0 Å². The van der Waals surface area contributed by atoms with Gasteiger partial charge in [-0.25, -0.2) is 0 Å². The number of benzene rings is 2. The largest absolute Gasteiger partial charge is 0.382 e. The molecule has 0 saturated heterocycles. The molecule has 4 rings (SSSR count). The van der Waals surface area contributed by atoms with Crippen LogP contribution in [0.2, 0.25) is 0 Å². The Bertz CT molecular complexity index is 801. The molecule has 4 heteroatoms. The van der Waals surface area contributed by atoms with E-state index in [9.17, 15) is 0 Å². The van der Waals surface area contributed by atoms with Gasteiger partial charge >= 0.3 is 0 Å². The molecular formula is C19H18N4. The summed E-state index contributed by atoms with van der Waals surface area (Å²) in [5, 5.41) is 0. The van der Waals surface area contributed by atoms with Gasteiger partial charge in [0.1, 0.15) is 11.5 Å². The Morgan fingerprint density at radius 3 is 2.39 bits per heavy atom. The van der Waals surface area contributed by atoms with E-state index in [2.05, 4.69) is 64.3 Å². The predicted molar refractivity (Wildman–Crippen MR) is 92.9 cm³/mol. The molecule has 0 fully saturated rings. The highest BCUT2D eigenvalue weighted by Crippen LogP contribution is 2.29. The fourth-order valence-electron chi connectivity index (χ4n) is 2.90. The van der Waals surface area contributed by atoms with E-state index in [1.807, 2.05) is 24.4 Å². The Labute approximate surface area is 135 Å². The van der Waals surface area contributed by atoms with Crippen LogP contribution >= 0.6 is 0 Å². The van der Waals surface area contributed by atoms with Crippen molar-refractivity contribution in [1.82, 2.24) is 10.9 Å². The number of hydrogen-bond acceptors (Lipinski definition) is 4. The van der Waals surface area contributed by atoms with Crippen LogP contribution in [-0.2, 0) is 6.42 Å². The van der Waals surface area contributed by atoms with Gasteiger partial charge in [-0.1, -0.05) is 42.5 Å². The van der Waals surface area contributed by atoms with Gasteiger partial charge in [-0.15, -0.1) is 0 Å². The summed E-state index contributed by atoms with van der Waals surface area (Å²) in [7, 11) is 0. The monoisotopic (exact) mass is 302 g/mol. The molecule has 2 aromatic carbocycles. The van der Waals surface area contributed by atoms with Crippen molar-refractivity contribution < 1.29 is 0 Å². The van der Waals surface area contributed by atoms with Gasteiger partial charge in [0.25, 0.3) is 0 Å². The summed E-state index contributed by atoms with van der Waals surface area (Å²) in [6, 6.07) is 19.1. The maximum Gasteiger partial charge on any atom is 0.142 e. The first-order valence-electron chi connectivity index (χ1n) is 7.64. The first-order valence-corrected chi connectivity index (χ1v) is 7.64. The quantitative estimate of drug-likeness (QED) is 0.816. The summed E-state index contributed by atoms with van der Waals surface area (Å²) in [4.78, 5) is 2.09. The molecule has 2 heterocycles. The first kappa shape index (κ1) is 13.5. The van der Waals surface area contributed by atoms with Crippen LogP contribution < -0.4 is 21.5 Å². The molecule has 0 spiro atoms. The van der Waals surface area contributed by atoms with E-state index >= 15 is 0 Å². The number of hydrazine groups is 1. The highest BCUT2D eigenvalue weighted by Gasteiger charge is 2.24. The van der Waals surface area contributed by atoms with E-state index in [-0.39, 0.29) is 0 Å². The number of nitrogens with one attached hydrogen (secondary N) is 2. The van der Waals surface area contributed by atoms with Crippen molar-refractivity contribution in [3.8, 4) is 0 Å². The molecule has 0 bridgehead atoms. The second-order valence-corrected chi connectivity index (χ2v) is 5.63. The third-order valence-electron chi connectivity index (χ3n) is 4.05. The molecule has 2 aliphatic heterocycles. The van der Waals surface area contributed by atoms with E-state index < -0.39 is 0 Å². The number of hydrogen-bond donors (Lipinski definition) is 3. The van der Waals surface area contributed by atoms with Crippen molar-refractivity contribution in [2.45, 2.75) is 6.42 Å². The Hall–Kier alpha value is -3.14. The zero-order chi connectivity index (χ0) is 15.6. The number of rotatable bonds is 3. The molecule has 0 amide bonds. The lowest BCUT2D eigenvalue weighted by molar-refractivity contribution is 0.740. The maximum absolute atomic E-state index is 6.04. The minimum Gasteiger partial charge on any atom is -0.382 e. The van der Waals surface area contributed by atoms with Gasteiger partial charge in [0, 0.05) is 11.9 Å².